The number of halogens is 1. The summed E-state index contributed by atoms with van der Waals surface area (Å²) in [4.78, 5) is 0. The lowest BCUT2D eigenvalue weighted by molar-refractivity contribution is 0.556. The number of anilines is 1. The van der Waals surface area contributed by atoms with Crippen molar-refractivity contribution in [1.29, 1.82) is 0 Å². The summed E-state index contributed by atoms with van der Waals surface area (Å²) in [6, 6.07) is 9.87. The van der Waals surface area contributed by atoms with Crippen molar-refractivity contribution in [3.63, 3.8) is 0 Å². The molecule has 0 saturated heterocycles. The van der Waals surface area contributed by atoms with Gasteiger partial charge in [-0.15, -0.1) is 26.9 Å². The number of hydrogen-bond donors (Lipinski definition) is 1. The van der Waals surface area contributed by atoms with Gasteiger partial charge in [-0.2, -0.15) is 14.7 Å². The molecule has 1 atom stereocenters. The summed E-state index contributed by atoms with van der Waals surface area (Å²) in [5.41, 5.74) is 2.77. The van der Waals surface area contributed by atoms with Gasteiger partial charge in [0, 0.05) is 17.5 Å². The van der Waals surface area contributed by atoms with E-state index in [1.54, 1.807) is 4.52 Å². The smallest absolute Gasteiger partial charge is 0.186 e. The number of nitrogens with zero attached hydrogens (tertiary/aromatic N) is 6. The first-order valence-electron chi connectivity index (χ1n) is 8.13. The Hall–Kier alpha value is -2.54. The number of benzene rings is 1. The highest BCUT2D eigenvalue weighted by Gasteiger charge is 2.36. The number of rotatable bonds is 4. The topological polar surface area (TPSA) is 79.8 Å². The van der Waals surface area contributed by atoms with E-state index in [1.807, 2.05) is 51.1 Å². The molecule has 0 saturated carbocycles. The average Bonchev–Trinajstić information content (AvgIpc) is 3.14. The molecule has 8 heteroatoms. The largest absolute Gasteiger partial charge is 0.365 e. The Labute approximate surface area is 150 Å². The zero-order chi connectivity index (χ0) is 17.6. The molecular weight excluding hydrogens is 338 g/mol. The van der Waals surface area contributed by atoms with Crippen LogP contribution in [-0.4, -0.2) is 31.7 Å². The Balaban J connectivity index is 1.95. The van der Waals surface area contributed by atoms with Crippen LogP contribution in [0.25, 0.3) is 17.0 Å². The minimum atomic E-state index is -0.483. The standard InChI is InChI=1S/C17H18ClN7/c1-10(18)9-19-14-13-12(17(2,3)24-20-13)16-22-21-15(25(16)23-14)11-7-5-4-6-8-11/h4-8,10H,9H2,1-3H3,(H,19,23). The second kappa shape index (κ2) is 5.77. The number of alkyl halides is 1. The Bertz CT molecular complexity index is 960. The van der Waals surface area contributed by atoms with Crippen LogP contribution in [-0.2, 0) is 5.54 Å². The van der Waals surface area contributed by atoms with Crippen molar-refractivity contribution >= 4 is 28.8 Å². The minimum absolute atomic E-state index is 0.0333. The fraction of sp³-hybridized carbons (Fsp3) is 0.353. The van der Waals surface area contributed by atoms with Gasteiger partial charge >= 0.3 is 0 Å². The molecule has 0 aliphatic carbocycles. The van der Waals surface area contributed by atoms with Crippen LogP contribution in [0.5, 0.6) is 0 Å². The highest BCUT2D eigenvalue weighted by atomic mass is 35.5. The van der Waals surface area contributed by atoms with Crippen LogP contribution in [0.3, 0.4) is 0 Å². The van der Waals surface area contributed by atoms with Crippen LogP contribution in [0, 0.1) is 0 Å². The van der Waals surface area contributed by atoms with Gasteiger partial charge in [0.05, 0.1) is 5.56 Å². The maximum Gasteiger partial charge on any atom is 0.186 e. The number of fused-ring (bicyclic) bond motifs is 3. The monoisotopic (exact) mass is 355 g/mol. The van der Waals surface area contributed by atoms with Crippen LogP contribution < -0.4 is 5.32 Å². The SMILES string of the molecule is CC(Cl)CNc1nn2c(-c3ccccc3)nnc2c2c1N=NC2(C)C. The predicted octanol–water partition coefficient (Wildman–Crippen LogP) is 4.16. The maximum atomic E-state index is 6.08. The molecule has 1 unspecified atom stereocenters. The predicted molar refractivity (Wildman–Crippen MR) is 97.6 cm³/mol. The number of hydrogen-bond acceptors (Lipinski definition) is 6. The quantitative estimate of drug-likeness (QED) is 0.712. The molecule has 1 aliphatic heterocycles. The van der Waals surface area contributed by atoms with Gasteiger partial charge in [-0.05, 0) is 20.8 Å². The zero-order valence-corrected chi connectivity index (χ0v) is 15.0. The molecule has 0 amide bonds. The molecular formula is C17H18ClN7. The third-order valence-corrected chi connectivity index (χ3v) is 4.27. The molecule has 1 N–H and O–H groups in total. The molecule has 25 heavy (non-hydrogen) atoms. The maximum absolute atomic E-state index is 6.08. The molecule has 4 rings (SSSR count). The van der Waals surface area contributed by atoms with E-state index >= 15 is 0 Å². The van der Waals surface area contributed by atoms with Gasteiger partial charge in [0.1, 0.15) is 11.2 Å². The van der Waals surface area contributed by atoms with Crippen molar-refractivity contribution in [3.8, 4) is 11.4 Å². The number of azo groups is 1. The molecule has 0 radical (unpaired) electrons. The van der Waals surface area contributed by atoms with E-state index in [-0.39, 0.29) is 5.38 Å². The summed E-state index contributed by atoms with van der Waals surface area (Å²) in [6.07, 6.45) is 0. The van der Waals surface area contributed by atoms with Gasteiger partial charge < -0.3 is 5.32 Å². The third-order valence-electron chi connectivity index (χ3n) is 4.12. The number of aromatic nitrogens is 4. The fourth-order valence-corrected chi connectivity index (χ4v) is 2.99. The van der Waals surface area contributed by atoms with Crippen LogP contribution in [0.15, 0.2) is 40.6 Å². The average molecular weight is 356 g/mol. The molecule has 0 spiro atoms. The van der Waals surface area contributed by atoms with Gasteiger partial charge in [-0.25, -0.2) is 0 Å². The van der Waals surface area contributed by atoms with E-state index in [9.17, 15) is 0 Å². The number of nitrogens with one attached hydrogen (secondary N) is 1. The third kappa shape index (κ3) is 2.64. The summed E-state index contributed by atoms with van der Waals surface area (Å²) < 4.78 is 1.76. The normalized spacial score (nSPS) is 16.2. The second-order valence-electron chi connectivity index (χ2n) is 6.62. The molecule has 1 aliphatic rings. The molecule has 0 fully saturated rings. The van der Waals surface area contributed by atoms with Crippen molar-refractivity contribution in [1.82, 2.24) is 19.8 Å². The second-order valence-corrected chi connectivity index (χ2v) is 7.36. The van der Waals surface area contributed by atoms with Crippen molar-refractivity contribution in [2.45, 2.75) is 31.7 Å². The van der Waals surface area contributed by atoms with Crippen molar-refractivity contribution in [3.05, 3.63) is 35.9 Å². The summed E-state index contributed by atoms with van der Waals surface area (Å²) >= 11 is 6.08. The Morgan fingerprint density at radius 1 is 1.20 bits per heavy atom. The highest BCUT2D eigenvalue weighted by molar-refractivity contribution is 6.20. The highest BCUT2D eigenvalue weighted by Crippen LogP contribution is 2.45. The minimum Gasteiger partial charge on any atom is -0.365 e. The summed E-state index contributed by atoms with van der Waals surface area (Å²) in [7, 11) is 0. The van der Waals surface area contributed by atoms with E-state index < -0.39 is 5.54 Å². The van der Waals surface area contributed by atoms with Crippen molar-refractivity contribution in [2.24, 2.45) is 10.2 Å². The fourth-order valence-electron chi connectivity index (χ4n) is 2.91. The molecule has 2 aromatic heterocycles. The van der Waals surface area contributed by atoms with Crippen LogP contribution in [0.2, 0.25) is 0 Å². The van der Waals surface area contributed by atoms with E-state index in [1.165, 1.54) is 0 Å². The lowest BCUT2D eigenvalue weighted by Gasteiger charge is -2.16. The molecule has 1 aromatic carbocycles. The summed E-state index contributed by atoms with van der Waals surface area (Å²) in [6.45, 7) is 6.51. The van der Waals surface area contributed by atoms with E-state index in [2.05, 4.69) is 30.8 Å². The Morgan fingerprint density at radius 3 is 2.68 bits per heavy atom. The van der Waals surface area contributed by atoms with Crippen molar-refractivity contribution < 1.29 is 0 Å². The Kier molecular flexibility index (Phi) is 3.68. The van der Waals surface area contributed by atoms with Crippen LogP contribution in [0.1, 0.15) is 26.3 Å². The van der Waals surface area contributed by atoms with Gasteiger partial charge in [-0.1, -0.05) is 30.3 Å². The first-order valence-corrected chi connectivity index (χ1v) is 8.57. The van der Waals surface area contributed by atoms with E-state index in [0.29, 0.717) is 29.5 Å². The van der Waals surface area contributed by atoms with E-state index in [0.717, 1.165) is 11.1 Å². The molecule has 3 aromatic rings. The first-order chi connectivity index (χ1) is 12.0. The lowest BCUT2D eigenvalue weighted by atomic mass is 9.96. The van der Waals surface area contributed by atoms with Crippen molar-refractivity contribution in [2.75, 3.05) is 11.9 Å². The molecule has 3 heterocycles. The molecule has 128 valence electrons. The van der Waals surface area contributed by atoms with Gasteiger partial charge in [0.2, 0.25) is 0 Å². The summed E-state index contributed by atoms with van der Waals surface area (Å²) in [5, 5.41) is 25.4. The van der Waals surface area contributed by atoms with Gasteiger partial charge in [0.15, 0.2) is 17.3 Å². The van der Waals surface area contributed by atoms with Crippen LogP contribution >= 0.6 is 11.6 Å². The van der Waals surface area contributed by atoms with Gasteiger partial charge in [-0.3, -0.25) is 0 Å². The van der Waals surface area contributed by atoms with Gasteiger partial charge in [0.25, 0.3) is 0 Å². The first kappa shape index (κ1) is 16.0. The summed E-state index contributed by atoms with van der Waals surface area (Å²) in [5.74, 6) is 1.32. The van der Waals surface area contributed by atoms with E-state index in [4.69, 9.17) is 11.6 Å². The molecule has 0 bridgehead atoms. The van der Waals surface area contributed by atoms with Crippen LogP contribution in [0.4, 0.5) is 11.5 Å². The molecule has 7 nitrogen and oxygen atoms in total. The Morgan fingerprint density at radius 2 is 1.96 bits per heavy atom. The lowest BCUT2D eigenvalue weighted by Crippen LogP contribution is -2.17. The zero-order valence-electron chi connectivity index (χ0n) is 14.2.